The third-order valence-corrected chi connectivity index (χ3v) is 5.02. The first kappa shape index (κ1) is 18.2. The first-order valence-corrected chi connectivity index (χ1v) is 8.50. The van der Waals surface area contributed by atoms with Gasteiger partial charge in [-0.1, -0.05) is 0 Å². The molecule has 7 nitrogen and oxygen atoms in total. The molecule has 0 aliphatic carbocycles. The van der Waals surface area contributed by atoms with Gasteiger partial charge in [-0.25, -0.2) is 0 Å². The molecule has 1 atom stereocenters. The summed E-state index contributed by atoms with van der Waals surface area (Å²) in [6.07, 6.45) is 2.29. The monoisotopic (exact) mass is 327 g/mol. The van der Waals surface area contributed by atoms with E-state index in [4.69, 9.17) is 4.74 Å². The van der Waals surface area contributed by atoms with Gasteiger partial charge in [0.15, 0.2) is 0 Å². The van der Waals surface area contributed by atoms with E-state index >= 15 is 0 Å². The first-order chi connectivity index (χ1) is 11.1. The Balaban J connectivity index is 1.87. The van der Waals surface area contributed by atoms with Crippen LogP contribution in [-0.2, 0) is 14.3 Å². The van der Waals surface area contributed by atoms with Gasteiger partial charge in [0, 0.05) is 66.0 Å². The molecule has 0 aromatic rings. The van der Waals surface area contributed by atoms with E-state index in [9.17, 15) is 14.7 Å². The molecular formula is C16H29N3O4. The van der Waals surface area contributed by atoms with Crippen molar-refractivity contribution in [1.82, 2.24) is 15.1 Å². The predicted molar refractivity (Wildman–Crippen MR) is 86.3 cm³/mol. The number of carboxylic acid groups (broad SMARTS) is 1. The summed E-state index contributed by atoms with van der Waals surface area (Å²) in [4.78, 5) is 28.3. The van der Waals surface area contributed by atoms with Crippen molar-refractivity contribution in [2.45, 2.75) is 25.7 Å². The summed E-state index contributed by atoms with van der Waals surface area (Å²) in [5, 5.41) is 12.9. The van der Waals surface area contributed by atoms with Crippen molar-refractivity contribution >= 4 is 11.9 Å². The summed E-state index contributed by atoms with van der Waals surface area (Å²) in [5.74, 6) is -0.736. The second-order valence-electron chi connectivity index (χ2n) is 6.59. The van der Waals surface area contributed by atoms with E-state index in [-0.39, 0.29) is 5.91 Å². The minimum absolute atomic E-state index is 0.0753. The van der Waals surface area contributed by atoms with Crippen LogP contribution in [0.25, 0.3) is 0 Å². The van der Waals surface area contributed by atoms with Crippen molar-refractivity contribution < 1.29 is 19.4 Å². The molecule has 7 heteroatoms. The lowest BCUT2D eigenvalue weighted by atomic mass is 9.77. The van der Waals surface area contributed by atoms with Gasteiger partial charge in [0.1, 0.15) is 0 Å². The van der Waals surface area contributed by atoms with Crippen LogP contribution in [0, 0.1) is 5.41 Å². The average molecular weight is 327 g/mol. The van der Waals surface area contributed by atoms with Crippen LogP contribution in [0.5, 0.6) is 0 Å². The van der Waals surface area contributed by atoms with E-state index in [1.54, 1.807) is 12.0 Å². The zero-order valence-electron chi connectivity index (χ0n) is 14.1. The van der Waals surface area contributed by atoms with Crippen molar-refractivity contribution in [3.05, 3.63) is 0 Å². The second-order valence-corrected chi connectivity index (χ2v) is 6.59. The normalized spacial score (nSPS) is 26.2. The molecule has 23 heavy (non-hydrogen) atoms. The Kier molecular flexibility index (Phi) is 6.80. The van der Waals surface area contributed by atoms with E-state index in [0.717, 1.165) is 39.1 Å². The van der Waals surface area contributed by atoms with Gasteiger partial charge in [0.05, 0.1) is 5.41 Å². The van der Waals surface area contributed by atoms with E-state index in [0.29, 0.717) is 39.0 Å². The minimum atomic E-state index is -0.848. The van der Waals surface area contributed by atoms with Crippen molar-refractivity contribution in [1.29, 1.82) is 0 Å². The number of carbonyl (C=O) groups excluding carboxylic acids is 1. The number of amides is 1. The van der Waals surface area contributed by atoms with Crippen molar-refractivity contribution in [2.24, 2.45) is 5.41 Å². The van der Waals surface area contributed by atoms with Crippen LogP contribution in [0.1, 0.15) is 25.7 Å². The predicted octanol–water partition coefficient (Wildman–Crippen LogP) is 0.0116. The molecule has 132 valence electrons. The van der Waals surface area contributed by atoms with Crippen LogP contribution >= 0.6 is 0 Å². The summed E-state index contributed by atoms with van der Waals surface area (Å²) in [6, 6.07) is 0. The molecule has 2 aliphatic rings. The Labute approximate surface area is 138 Å². The second kappa shape index (κ2) is 8.61. The topological polar surface area (TPSA) is 82.1 Å². The number of hydrogen-bond donors (Lipinski definition) is 2. The van der Waals surface area contributed by atoms with Crippen molar-refractivity contribution in [3.8, 4) is 0 Å². The van der Waals surface area contributed by atoms with Gasteiger partial charge in [-0.15, -0.1) is 0 Å². The molecular weight excluding hydrogens is 298 g/mol. The van der Waals surface area contributed by atoms with E-state index in [1.807, 2.05) is 0 Å². The summed E-state index contributed by atoms with van der Waals surface area (Å²) >= 11 is 0. The summed E-state index contributed by atoms with van der Waals surface area (Å²) in [6.45, 7) is 6.03. The molecule has 0 aromatic heterocycles. The number of ether oxygens (including phenoxy) is 1. The smallest absolute Gasteiger partial charge is 0.311 e. The van der Waals surface area contributed by atoms with Crippen LogP contribution in [0.2, 0.25) is 0 Å². The highest BCUT2D eigenvalue weighted by molar-refractivity contribution is 5.79. The number of nitrogens with one attached hydrogen (secondary N) is 1. The van der Waals surface area contributed by atoms with E-state index in [2.05, 4.69) is 10.2 Å². The molecule has 2 N–H and O–H groups in total. The largest absolute Gasteiger partial charge is 0.481 e. The molecule has 2 rings (SSSR count). The van der Waals surface area contributed by atoms with Gasteiger partial charge >= 0.3 is 5.97 Å². The molecule has 0 saturated carbocycles. The summed E-state index contributed by atoms with van der Waals surface area (Å²) in [7, 11) is 1.58. The molecule has 0 radical (unpaired) electrons. The minimum Gasteiger partial charge on any atom is -0.481 e. The Bertz CT molecular complexity index is 412. The zero-order valence-corrected chi connectivity index (χ0v) is 14.1. The first-order valence-electron chi connectivity index (χ1n) is 8.50. The van der Waals surface area contributed by atoms with Gasteiger partial charge in [-0.2, -0.15) is 0 Å². The maximum Gasteiger partial charge on any atom is 0.311 e. The maximum atomic E-state index is 12.5. The summed E-state index contributed by atoms with van der Waals surface area (Å²) < 4.78 is 5.06. The van der Waals surface area contributed by atoms with Gasteiger partial charge in [-0.05, 0) is 19.3 Å². The zero-order chi connectivity index (χ0) is 16.7. The third kappa shape index (κ3) is 4.89. The quantitative estimate of drug-likeness (QED) is 0.686. The fourth-order valence-electron chi connectivity index (χ4n) is 3.47. The van der Waals surface area contributed by atoms with Gasteiger partial charge in [0.2, 0.25) is 5.91 Å². The molecule has 0 bridgehead atoms. The lowest BCUT2D eigenvalue weighted by Crippen LogP contribution is -2.51. The van der Waals surface area contributed by atoms with Gasteiger partial charge in [0.25, 0.3) is 0 Å². The Morgan fingerprint density at radius 2 is 2.00 bits per heavy atom. The molecule has 2 saturated heterocycles. The van der Waals surface area contributed by atoms with Gasteiger partial charge < -0.3 is 25.0 Å². The molecule has 1 amide bonds. The Hall–Kier alpha value is -1.18. The molecule has 2 heterocycles. The maximum absolute atomic E-state index is 12.5. The third-order valence-electron chi connectivity index (χ3n) is 5.02. The number of carboxylic acids is 1. The van der Waals surface area contributed by atoms with Gasteiger partial charge in [-0.3, -0.25) is 9.59 Å². The lowest BCUT2D eigenvalue weighted by Gasteiger charge is -2.40. The van der Waals surface area contributed by atoms with Crippen LogP contribution in [0.4, 0.5) is 0 Å². The number of likely N-dealkylation sites (tertiary alicyclic amines) is 1. The number of nitrogens with zero attached hydrogens (tertiary/aromatic N) is 2. The number of piperidine rings is 1. The SMILES string of the molecule is COCCC1(C(=O)O)CCCN(C(=O)CCN2CCNCC2)C1. The molecule has 1 unspecified atom stereocenters. The van der Waals surface area contributed by atoms with Crippen LogP contribution in [-0.4, -0.2) is 86.3 Å². The Morgan fingerprint density at radius 3 is 2.65 bits per heavy atom. The summed E-state index contributed by atoms with van der Waals surface area (Å²) in [5.41, 5.74) is -0.848. The highest BCUT2D eigenvalue weighted by Gasteiger charge is 2.43. The van der Waals surface area contributed by atoms with Crippen LogP contribution < -0.4 is 5.32 Å². The molecule has 2 aliphatic heterocycles. The van der Waals surface area contributed by atoms with Crippen LogP contribution in [0.15, 0.2) is 0 Å². The Morgan fingerprint density at radius 1 is 1.26 bits per heavy atom. The fraction of sp³-hybridized carbons (Fsp3) is 0.875. The number of carbonyl (C=O) groups is 2. The fourth-order valence-corrected chi connectivity index (χ4v) is 3.47. The van der Waals surface area contributed by atoms with E-state index < -0.39 is 11.4 Å². The number of piperazine rings is 1. The average Bonchev–Trinajstić information content (AvgIpc) is 2.59. The highest BCUT2D eigenvalue weighted by atomic mass is 16.5. The van der Waals surface area contributed by atoms with E-state index in [1.165, 1.54) is 0 Å². The standard InChI is InChI=1S/C16H29N3O4/c1-23-12-5-16(15(21)22)4-2-8-19(13-16)14(20)3-9-18-10-6-17-7-11-18/h17H,2-13H2,1H3,(H,21,22). The highest BCUT2D eigenvalue weighted by Crippen LogP contribution is 2.34. The number of hydrogen-bond acceptors (Lipinski definition) is 5. The number of methoxy groups -OCH3 is 1. The van der Waals surface area contributed by atoms with Crippen molar-refractivity contribution in [2.75, 3.05) is 59.5 Å². The molecule has 0 spiro atoms. The lowest BCUT2D eigenvalue weighted by molar-refractivity contribution is -0.156. The van der Waals surface area contributed by atoms with Crippen molar-refractivity contribution in [3.63, 3.8) is 0 Å². The molecule has 2 fully saturated rings. The van der Waals surface area contributed by atoms with Crippen LogP contribution in [0.3, 0.4) is 0 Å². The molecule has 0 aromatic carbocycles. The number of aliphatic carboxylic acids is 1. The number of rotatable bonds is 7.